The van der Waals surface area contributed by atoms with Gasteiger partial charge in [0.2, 0.25) is 11.7 Å². The van der Waals surface area contributed by atoms with Crippen LogP contribution in [0.5, 0.6) is 0 Å². The van der Waals surface area contributed by atoms with Crippen LogP contribution >= 0.6 is 0 Å². The molecular weight excluding hydrogens is 298 g/mol. The van der Waals surface area contributed by atoms with Gasteiger partial charge in [-0.3, -0.25) is 0 Å². The summed E-state index contributed by atoms with van der Waals surface area (Å²) in [5.41, 5.74) is 3.82. The van der Waals surface area contributed by atoms with E-state index in [1.54, 1.807) is 0 Å². The van der Waals surface area contributed by atoms with E-state index in [1.165, 1.54) is 11.3 Å². The molecule has 1 atom stereocenters. The van der Waals surface area contributed by atoms with Gasteiger partial charge in [0.15, 0.2) is 0 Å². The molecule has 0 radical (unpaired) electrons. The van der Waals surface area contributed by atoms with Gasteiger partial charge in [-0.2, -0.15) is 4.98 Å². The maximum atomic E-state index is 5.40. The van der Waals surface area contributed by atoms with Crippen LogP contribution in [0.15, 0.2) is 59.1 Å². The number of hydrogen-bond acceptors (Lipinski definition) is 4. The van der Waals surface area contributed by atoms with Gasteiger partial charge in [-0.1, -0.05) is 53.7 Å². The zero-order valence-electron chi connectivity index (χ0n) is 13.9. The summed E-state index contributed by atoms with van der Waals surface area (Å²) in [7, 11) is 0. The second kappa shape index (κ2) is 6.48. The van der Waals surface area contributed by atoms with Gasteiger partial charge < -0.3 is 9.42 Å². The normalized spacial score (nSPS) is 16.4. The maximum absolute atomic E-state index is 5.40. The van der Waals surface area contributed by atoms with Crippen molar-refractivity contribution in [2.24, 2.45) is 0 Å². The molecule has 4 nitrogen and oxygen atoms in total. The van der Waals surface area contributed by atoms with E-state index in [0.29, 0.717) is 17.8 Å². The summed E-state index contributed by atoms with van der Waals surface area (Å²) in [5, 5.41) is 4.09. The van der Waals surface area contributed by atoms with E-state index < -0.39 is 0 Å². The number of rotatable bonds is 5. The first-order valence-corrected chi connectivity index (χ1v) is 8.54. The summed E-state index contributed by atoms with van der Waals surface area (Å²) in [4.78, 5) is 7.00. The van der Waals surface area contributed by atoms with E-state index in [2.05, 4.69) is 46.2 Å². The van der Waals surface area contributed by atoms with E-state index in [0.717, 1.165) is 31.4 Å². The van der Waals surface area contributed by atoms with Crippen LogP contribution < -0.4 is 4.90 Å². The standard InChI is InChI=1S/C20H21N3O/c1-15-14-17-10-5-6-11-18(17)23(15)13-7-12-19-21-20(22-24-19)16-8-3-2-4-9-16/h2-6,8-11,15H,7,12-14H2,1H3. The first-order valence-electron chi connectivity index (χ1n) is 8.54. The zero-order chi connectivity index (χ0) is 16.4. The molecule has 0 aliphatic carbocycles. The molecule has 1 aliphatic heterocycles. The average molecular weight is 319 g/mol. The van der Waals surface area contributed by atoms with Crippen molar-refractivity contribution in [2.75, 3.05) is 11.4 Å². The minimum absolute atomic E-state index is 0.560. The second-order valence-corrected chi connectivity index (χ2v) is 6.36. The van der Waals surface area contributed by atoms with Gasteiger partial charge in [-0.15, -0.1) is 0 Å². The number of para-hydroxylation sites is 1. The molecule has 0 saturated heterocycles. The molecule has 122 valence electrons. The maximum Gasteiger partial charge on any atom is 0.227 e. The Morgan fingerprint density at radius 2 is 1.88 bits per heavy atom. The summed E-state index contributed by atoms with van der Waals surface area (Å²) >= 11 is 0. The molecule has 0 bridgehead atoms. The number of benzene rings is 2. The van der Waals surface area contributed by atoms with Crippen molar-refractivity contribution in [1.82, 2.24) is 10.1 Å². The van der Waals surface area contributed by atoms with Crippen LogP contribution in [0, 0.1) is 0 Å². The van der Waals surface area contributed by atoms with Gasteiger partial charge in [-0.05, 0) is 31.4 Å². The van der Waals surface area contributed by atoms with Crippen LogP contribution in [0.2, 0.25) is 0 Å². The molecule has 2 heterocycles. The molecule has 0 fully saturated rings. The monoisotopic (exact) mass is 319 g/mol. The lowest BCUT2D eigenvalue weighted by Gasteiger charge is -2.24. The molecule has 1 aliphatic rings. The smallest absolute Gasteiger partial charge is 0.227 e. The number of anilines is 1. The summed E-state index contributed by atoms with van der Waals surface area (Å²) in [6.45, 7) is 3.31. The zero-order valence-corrected chi connectivity index (χ0v) is 13.9. The van der Waals surface area contributed by atoms with Gasteiger partial charge >= 0.3 is 0 Å². The van der Waals surface area contributed by atoms with Crippen molar-refractivity contribution >= 4 is 5.69 Å². The van der Waals surface area contributed by atoms with Crippen molar-refractivity contribution in [3.63, 3.8) is 0 Å². The molecule has 3 aromatic rings. The van der Waals surface area contributed by atoms with Crippen LogP contribution in [-0.2, 0) is 12.8 Å². The summed E-state index contributed by atoms with van der Waals surface area (Å²) < 4.78 is 5.40. The minimum atomic E-state index is 0.560. The van der Waals surface area contributed by atoms with E-state index in [9.17, 15) is 0 Å². The van der Waals surface area contributed by atoms with Gasteiger partial charge in [0.05, 0.1) is 0 Å². The first-order chi connectivity index (χ1) is 11.8. The van der Waals surface area contributed by atoms with Crippen LogP contribution in [0.25, 0.3) is 11.4 Å². The number of fused-ring (bicyclic) bond motifs is 1. The fourth-order valence-electron chi connectivity index (χ4n) is 3.43. The lowest BCUT2D eigenvalue weighted by Crippen LogP contribution is -2.30. The summed E-state index contributed by atoms with van der Waals surface area (Å²) in [6.07, 6.45) is 2.95. The Labute approximate surface area is 142 Å². The van der Waals surface area contributed by atoms with Gasteiger partial charge in [-0.25, -0.2) is 0 Å². The highest BCUT2D eigenvalue weighted by Gasteiger charge is 2.24. The van der Waals surface area contributed by atoms with Crippen LogP contribution in [-0.4, -0.2) is 22.7 Å². The third-order valence-corrected chi connectivity index (χ3v) is 4.64. The predicted molar refractivity (Wildman–Crippen MR) is 95.0 cm³/mol. The van der Waals surface area contributed by atoms with E-state index >= 15 is 0 Å². The molecule has 4 rings (SSSR count). The van der Waals surface area contributed by atoms with Gasteiger partial charge in [0.1, 0.15) is 0 Å². The highest BCUT2D eigenvalue weighted by molar-refractivity contribution is 5.59. The average Bonchev–Trinajstić information content (AvgIpc) is 3.21. The highest BCUT2D eigenvalue weighted by Crippen LogP contribution is 2.31. The van der Waals surface area contributed by atoms with Gasteiger partial charge in [0.25, 0.3) is 0 Å². The molecule has 1 aromatic heterocycles. The molecule has 2 aromatic carbocycles. The van der Waals surface area contributed by atoms with E-state index in [-0.39, 0.29) is 0 Å². The first kappa shape index (κ1) is 14.9. The Kier molecular flexibility index (Phi) is 4.03. The predicted octanol–water partition coefficient (Wildman–Crippen LogP) is 4.12. The van der Waals surface area contributed by atoms with Crippen molar-refractivity contribution in [3.8, 4) is 11.4 Å². The quantitative estimate of drug-likeness (QED) is 0.709. The topological polar surface area (TPSA) is 42.2 Å². The van der Waals surface area contributed by atoms with Gasteiger partial charge in [0, 0.05) is 30.3 Å². The molecule has 0 spiro atoms. The third-order valence-electron chi connectivity index (χ3n) is 4.64. The Hall–Kier alpha value is -2.62. The fourth-order valence-corrected chi connectivity index (χ4v) is 3.43. The fraction of sp³-hybridized carbons (Fsp3) is 0.300. The molecule has 0 saturated carbocycles. The molecule has 1 unspecified atom stereocenters. The Morgan fingerprint density at radius 3 is 2.75 bits per heavy atom. The lowest BCUT2D eigenvalue weighted by atomic mass is 10.1. The summed E-state index contributed by atoms with van der Waals surface area (Å²) in [5.74, 6) is 1.39. The molecular formula is C20H21N3O. The molecule has 24 heavy (non-hydrogen) atoms. The van der Waals surface area contributed by atoms with Crippen molar-refractivity contribution in [1.29, 1.82) is 0 Å². The SMILES string of the molecule is CC1Cc2ccccc2N1CCCc1nc(-c2ccccc2)no1. The largest absolute Gasteiger partial charge is 0.368 e. The van der Waals surface area contributed by atoms with Crippen molar-refractivity contribution in [2.45, 2.75) is 32.2 Å². The van der Waals surface area contributed by atoms with E-state index in [1.807, 2.05) is 30.3 Å². The summed E-state index contributed by atoms with van der Waals surface area (Å²) in [6, 6.07) is 19.2. The Balaban J connectivity index is 1.38. The van der Waals surface area contributed by atoms with Crippen LogP contribution in [0.4, 0.5) is 5.69 Å². The molecule has 0 amide bonds. The second-order valence-electron chi connectivity index (χ2n) is 6.36. The van der Waals surface area contributed by atoms with Crippen molar-refractivity contribution < 1.29 is 4.52 Å². The molecule has 0 N–H and O–H groups in total. The number of aromatic nitrogens is 2. The highest BCUT2D eigenvalue weighted by atomic mass is 16.5. The van der Waals surface area contributed by atoms with Crippen molar-refractivity contribution in [3.05, 3.63) is 66.1 Å². The lowest BCUT2D eigenvalue weighted by molar-refractivity contribution is 0.376. The molecule has 4 heteroatoms. The van der Waals surface area contributed by atoms with Crippen LogP contribution in [0.3, 0.4) is 0 Å². The van der Waals surface area contributed by atoms with Crippen LogP contribution in [0.1, 0.15) is 24.8 Å². The Morgan fingerprint density at radius 1 is 1.08 bits per heavy atom. The van der Waals surface area contributed by atoms with E-state index in [4.69, 9.17) is 4.52 Å². The third kappa shape index (κ3) is 2.92. The Bertz CT molecular complexity index is 813. The number of aryl methyl sites for hydroxylation is 1. The minimum Gasteiger partial charge on any atom is -0.368 e. The number of nitrogens with zero attached hydrogens (tertiary/aromatic N) is 3. The number of hydrogen-bond donors (Lipinski definition) is 0.